The van der Waals surface area contributed by atoms with Crippen molar-refractivity contribution in [1.82, 2.24) is 4.57 Å². The minimum absolute atomic E-state index is 0.0155. The highest BCUT2D eigenvalue weighted by Gasteiger charge is 2.06. The first kappa shape index (κ1) is 12.4. The molecule has 0 saturated heterocycles. The Bertz CT molecular complexity index is 541. The quantitative estimate of drug-likeness (QED) is 0.866. The Morgan fingerprint density at radius 2 is 2.00 bits per heavy atom. The van der Waals surface area contributed by atoms with Gasteiger partial charge in [0.25, 0.3) is 0 Å². The van der Waals surface area contributed by atoms with E-state index in [1.54, 1.807) is 12.1 Å². The summed E-state index contributed by atoms with van der Waals surface area (Å²) in [6.45, 7) is 2.64. The SMILES string of the molecule is CC(N)c1cccn1Cc1ccc(C(=O)O)cc1. The van der Waals surface area contributed by atoms with Gasteiger partial charge in [0.2, 0.25) is 0 Å². The average Bonchev–Trinajstić information content (AvgIpc) is 2.78. The molecule has 4 heteroatoms. The third kappa shape index (κ3) is 2.60. The maximum absolute atomic E-state index is 10.8. The normalized spacial score (nSPS) is 12.3. The second-order valence-corrected chi connectivity index (χ2v) is 4.35. The van der Waals surface area contributed by atoms with Crippen LogP contribution in [0.25, 0.3) is 0 Å². The van der Waals surface area contributed by atoms with Gasteiger partial charge in [-0.1, -0.05) is 12.1 Å². The van der Waals surface area contributed by atoms with Crippen molar-refractivity contribution in [2.24, 2.45) is 5.73 Å². The van der Waals surface area contributed by atoms with Crippen LogP contribution < -0.4 is 5.73 Å². The second-order valence-electron chi connectivity index (χ2n) is 4.35. The highest BCUT2D eigenvalue weighted by atomic mass is 16.4. The molecule has 18 heavy (non-hydrogen) atoms. The Hall–Kier alpha value is -2.07. The molecule has 1 heterocycles. The Morgan fingerprint density at radius 3 is 2.56 bits per heavy atom. The van der Waals surface area contributed by atoms with Crippen molar-refractivity contribution in [2.75, 3.05) is 0 Å². The maximum Gasteiger partial charge on any atom is 0.335 e. The minimum Gasteiger partial charge on any atom is -0.478 e. The zero-order valence-electron chi connectivity index (χ0n) is 10.2. The van der Waals surface area contributed by atoms with E-state index in [1.807, 2.05) is 37.4 Å². The molecule has 94 valence electrons. The first-order valence-electron chi connectivity index (χ1n) is 5.81. The topological polar surface area (TPSA) is 68.2 Å². The number of hydrogen-bond donors (Lipinski definition) is 2. The van der Waals surface area contributed by atoms with Gasteiger partial charge in [0.15, 0.2) is 0 Å². The third-order valence-corrected chi connectivity index (χ3v) is 2.88. The molecule has 0 aliphatic heterocycles. The molecule has 0 aliphatic carbocycles. The Morgan fingerprint density at radius 1 is 1.33 bits per heavy atom. The molecule has 3 N–H and O–H groups in total. The van der Waals surface area contributed by atoms with E-state index in [0.29, 0.717) is 12.1 Å². The molecule has 4 nitrogen and oxygen atoms in total. The fourth-order valence-corrected chi connectivity index (χ4v) is 1.93. The van der Waals surface area contributed by atoms with E-state index in [0.717, 1.165) is 11.3 Å². The predicted molar refractivity (Wildman–Crippen MR) is 69.5 cm³/mol. The van der Waals surface area contributed by atoms with Crippen molar-refractivity contribution in [3.63, 3.8) is 0 Å². The minimum atomic E-state index is -0.904. The summed E-state index contributed by atoms with van der Waals surface area (Å²) >= 11 is 0. The van der Waals surface area contributed by atoms with Crippen LogP contribution in [0.4, 0.5) is 0 Å². The van der Waals surface area contributed by atoms with Gasteiger partial charge in [0.05, 0.1) is 5.56 Å². The number of nitrogens with zero attached hydrogens (tertiary/aromatic N) is 1. The van der Waals surface area contributed by atoms with Gasteiger partial charge >= 0.3 is 5.97 Å². The van der Waals surface area contributed by atoms with E-state index < -0.39 is 5.97 Å². The van der Waals surface area contributed by atoms with E-state index in [1.165, 1.54) is 0 Å². The van der Waals surface area contributed by atoms with Crippen LogP contribution in [0.2, 0.25) is 0 Å². The first-order chi connectivity index (χ1) is 8.58. The molecule has 0 amide bonds. The van der Waals surface area contributed by atoms with Gasteiger partial charge in [0, 0.05) is 24.5 Å². The molecule has 0 saturated carbocycles. The summed E-state index contributed by atoms with van der Waals surface area (Å²) in [5.74, 6) is -0.904. The van der Waals surface area contributed by atoms with Gasteiger partial charge in [-0.2, -0.15) is 0 Å². The van der Waals surface area contributed by atoms with Gasteiger partial charge in [-0.3, -0.25) is 0 Å². The molecule has 1 atom stereocenters. The van der Waals surface area contributed by atoms with Gasteiger partial charge < -0.3 is 15.4 Å². The summed E-state index contributed by atoms with van der Waals surface area (Å²) in [6, 6.07) is 10.8. The van der Waals surface area contributed by atoms with Crippen molar-refractivity contribution in [2.45, 2.75) is 19.5 Å². The van der Waals surface area contributed by atoms with Crippen molar-refractivity contribution in [3.05, 3.63) is 59.4 Å². The third-order valence-electron chi connectivity index (χ3n) is 2.88. The number of benzene rings is 1. The smallest absolute Gasteiger partial charge is 0.335 e. The predicted octanol–water partition coefficient (Wildman–Crippen LogP) is 2.25. The molecule has 0 aliphatic rings. The zero-order valence-corrected chi connectivity index (χ0v) is 10.2. The summed E-state index contributed by atoms with van der Waals surface area (Å²) in [4.78, 5) is 10.8. The molecule has 0 bridgehead atoms. The van der Waals surface area contributed by atoms with E-state index in [-0.39, 0.29) is 6.04 Å². The standard InChI is InChI=1S/C14H16N2O2/c1-10(15)13-3-2-8-16(13)9-11-4-6-12(7-5-11)14(17)18/h2-8,10H,9,15H2,1H3,(H,17,18). The van der Waals surface area contributed by atoms with Crippen molar-refractivity contribution in [3.8, 4) is 0 Å². The fourth-order valence-electron chi connectivity index (χ4n) is 1.93. The van der Waals surface area contributed by atoms with E-state index >= 15 is 0 Å². The zero-order chi connectivity index (χ0) is 13.1. The molecular formula is C14H16N2O2. The lowest BCUT2D eigenvalue weighted by molar-refractivity contribution is 0.0697. The van der Waals surface area contributed by atoms with Gasteiger partial charge in [0.1, 0.15) is 0 Å². The maximum atomic E-state index is 10.8. The molecule has 0 spiro atoms. The summed E-state index contributed by atoms with van der Waals surface area (Å²) in [7, 11) is 0. The van der Waals surface area contributed by atoms with Crippen molar-refractivity contribution < 1.29 is 9.90 Å². The number of aromatic nitrogens is 1. The van der Waals surface area contributed by atoms with Crippen LogP contribution in [0.3, 0.4) is 0 Å². The van der Waals surface area contributed by atoms with Crippen LogP contribution in [0.1, 0.15) is 34.6 Å². The first-order valence-corrected chi connectivity index (χ1v) is 5.81. The van der Waals surface area contributed by atoms with Crippen LogP contribution in [-0.2, 0) is 6.54 Å². The second kappa shape index (κ2) is 5.06. The lowest BCUT2D eigenvalue weighted by Gasteiger charge is -2.12. The number of hydrogen-bond acceptors (Lipinski definition) is 2. The van der Waals surface area contributed by atoms with E-state index in [9.17, 15) is 4.79 Å². The van der Waals surface area contributed by atoms with Gasteiger partial charge in [-0.05, 0) is 36.8 Å². The highest BCUT2D eigenvalue weighted by Crippen LogP contribution is 2.14. The molecule has 2 aromatic rings. The van der Waals surface area contributed by atoms with Gasteiger partial charge in [-0.15, -0.1) is 0 Å². The Labute approximate surface area is 106 Å². The number of carbonyl (C=O) groups is 1. The average molecular weight is 244 g/mol. The van der Waals surface area contributed by atoms with Crippen LogP contribution in [0.15, 0.2) is 42.6 Å². The van der Waals surface area contributed by atoms with Gasteiger partial charge in [-0.25, -0.2) is 4.79 Å². The molecule has 1 aromatic heterocycles. The fraction of sp³-hybridized carbons (Fsp3) is 0.214. The monoisotopic (exact) mass is 244 g/mol. The van der Waals surface area contributed by atoms with Crippen LogP contribution in [0.5, 0.6) is 0 Å². The van der Waals surface area contributed by atoms with Crippen LogP contribution in [-0.4, -0.2) is 15.6 Å². The summed E-state index contributed by atoms with van der Waals surface area (Å²) in [5.41, 5.74) is 8.30. The lowest BCUT2D eigenvalue weighted by atomic mass is 10.1. The molecule has 1 aromatic carbocycles. The number of nitrogens with two attached hydrogens (primary N) is 1. The Kier molecular flexibility index (Phi) is 3.48. The lowest BCUT2D eigenvalue weighted by Crippen LogP contribution is -2.12. The summed E-state index contributed by atoms with van der Waals surface area (Å²) in [6.07, 6.45) is 1.98. The summed E-state index contributed by atoms with van der Waals surface area (Å²) < 4.78 is 2.07. The van der Waals surface area contributed by atoms with Crippen molar-refractivity contribution in [1.29, 1.82) is 0 Å². The number of aromatic carboxylic acids is 1. The molecular weight excluding hydrogens is 228 g/mol. The molecule has 0 radical (unpaired) electrons. The summed E-state index contributed by atoms with van der Waals surface area (Å²) in [5, 5.41) is 8.83. The van der Waals surface area contributed by atoms with E-state index in [4.69, 9.17) is 10.8 Å². The number of carboxylic acid groups (broad SMARTS) is 1. The Balaban J connectivity index is 2.18. The van der Waals surface area contributed by atoms with Crippen LogP contribution >= 0.6 is 0 Å². The largest absolute Gasteiger partial charge is 0.478 e. The van der Waals surface area contributed by atoms with Crippen molar-refractivity contribution >= 4 is 5.97 Å². The number of rotatable bonds is 4. The molecule has 1 unspecified atom stereocenters. The molecule has 2 rings (SSSR count). The van der Waals surface area contributed by atoms with E-state index in [2.05, 4.69) is 4.57 Å². The van der Waals surface area contributed by atoms with Crippen LogP contribution in [0, 0.1) is 0 Å². The molecule has 0 fully saturated rings. The number of carboxylic acids is 1. The highest BCUT2D eigenvalue weighted by molar-refractivity contribution is 5.87.